The summed E-state index contributed by atoms with van der Waals surface area (Å²) in [6, 6.07) is 7.21. The van der Waals surface area contributed by atoms with Gasteiger partial charge in [-0.25, -0.2) is 0 Å². The van der Waals surface area contributed by atoms with Crippen molar-refractivity contribution in [3.8, 4) is 0 Å². The Labute approximate surface area is 88.2 Å². The SMILES string of the molecule is CC(C)(Nc1ccccc1Cl)C(N)=O. The van der Waals surface area contributed by atoms with Crippen LogP contribution in [0.4, 0.5) is 5.69 Å². The predicted octanol–water partition coefficient (Wildman–Crippen LogP) is 2.02. The van der Waals surface area contributed by atoms with Gasteiger partial charge in [-0.2, -0.15) is 0 Å². The van der Waals surface area contributed by atoms with Gasteiger partial charge < -0.3 is 11.1 Å². The minimum atomic E-state index is -0.801. The average Bonchev–Trinajstić information content (AvgIpc) is 2.08. The second kappa shape index (κ2) is 3.88. The molecule has 4 heteroatoms. The minimum Gasteiger partial charge on any atom is -0.370 e. The number of amides is 1. The maximum atomic E-state index is 11.1. The van der Waals surface area contributed by atoms with E-state index in [4.69, 9.17) is 17.3 Å². The van der Waals surface area contributed by atoms with Crippen molar-refractivity contribution in [2.24, 2.45) is 5.73 Å². The Morgan fingerprint density at radius 3 is 2.50 bits per heavy atom. The number of carbonyl (C=O) groups excluding carboxylic acids is 1. The summed E-state index contributed by atoms with van der Waals surface area (Å²) in [5, 5.41) is 3.55. The molecule has 0 bridgehead atoms. The van der Waals surface area contributed by atoms with Gasteiger partial charge in [0, 0.05) is 0 Å². The molecule has 0 radical (unpaired) electrons. The molecule has 0 aromatic heterocycles. The molecule has 1 rings (SSSR count). The van der Waals surface area contributed by atoms with Gasteiger partial charge in [-0.05, 0) is 26.0 Å². The molecule has 1 amide bonds. The predicted molar refractivity (Wildman–Crippen MR) is 58.3 cm³/mol. The molecule has 3 N–H and O–H groups in total. The molecule has 0 aliphatic rings. The lowest BCUT2D eigenvalue weighted by Gasteiger charge is -2.24. The molecule has 3 nitrogen and oxygen atoms in total. The molecule has 0 aliphatic carbocycles. The van der Waals surface area contributed by atoms with Crippen LogP contribution in [0.25, 0.3) is 0 Å². The zero-order chi connectivity index (χ0) is 10.8. The molecule has 76 valence electrons. The highest BCUT2D eigenvalue weighted by Crippen LogP contribution is 2.23. The number of nitrogens with two attached hydrogens (primary N) is 1. The van der Waals surface area contributed by atoms with Gasteiger partial charge >= 0.3 is 0 Å². The van der Waals surface area contributed by atoms with Crippen LogP contribution in [0.3, 0.4) is 0 Å². The summed E-state index contributed by atoms with van der Waals surface area (Å²) in [4.78, 5) is 11.1. The Hall–Kier alpha value is -1.22. The molecule has 0 fully saturated rings. The van der Waals surface area contributed by atoms with Crippen molar-refractivity contribution in [2.75, 3.05) is 5.32 Å². The monoisotopic (exact) mass is 212 g/mol. The second-order valence-corrected chi connectivity index (χ2v) is 4.00. The highest BCUT2D eigenvalue weighted by atomic mass is 35.5. The van der Waals surface area contributed by atoms with E-state index in [0.717, 1.165) is 0 Å². The fraction of sp³-hybridized carbons (Fsp3) is 0.300. The third kappa shape index (κ3) is 2.39. The summed E-state index contributed by atoms with van der Waals surface area (Å²) in [5.41, 5.74) is 5.13. The van der Waals surface area contributed by atoms with Crippen LogP contribution in [0.2, 0.25) is 5.02 Å². The van der Waals surface area contributed by atoms with Crippen molar-refractivity contribution in [3.63, 3.8) is 0 Å². The number of hydrogen-bond donors (Lipinski definition) is 2. The number of halogens is 1. The van der Waals surface area contributed by atoms with E-state index in [0.29, 0.717) is 10.7 Å². The molecule has 0 saturated carbocycles. The van der Waals surface area contributed by atoms with E-state index in [9.17, 15) is 4.79 Å². The fourth-order valence-electron chi connectivity index (χ4n) is 0.961. The van der Waals surface area contributed by atoms with E-state index >= 15 is 0 Å². The van der Waals surface area contributed by atoms with Crippen LogP contribution in [0, 0.1) is 0 Å². The highest BCUT2D eigenvalue weighted by Gasteiger charge is 2.24. The first-order valence-electron chi connectivity index (χ1n) is 4.26. The number of rotatable bonds is 3. The lowest BCUT2D eigenvalue weighted by Crippen LogP contribution is -2.45. The minimum absolute atomic E-state index is 0.419. The first-order valence-corrected chi connectivity index (χ1v) is 4.64. The molecule has 0 atom stereocenters. The van der Waals surface area contributed by atoms with Crippen molar-refractivity contribution in [1.29, 1.82) is 0 Å². The molecule has 1 aromatic rings. The fourth-order valence-corrected chi connectivity index (χ4v) is 1.14. The molecule has 0 spiro atoms. The van der Waals surface area contributed by atoms with Crippen molar-refractivity contribution in [1.82, 2.24) is 0 Å². The summed E-state index contributed by atoms with van der Waals surface area (Å²) in [5.74, 6) is -0.419. The Morgan fingerprint density at radius 1 is 1.43 bits per heavy atom. The van der Waals surface area contributed by atoms with Gasteiger partial charge in [0.05, 0.1) is 10.7 Å². The third-order valence-electron chi connectivity index (χ3n) is 1.94. The number of nitrogens with one attached hydrogen (secondary N) is 1. The van der Waals surface area contributed by atoms with Crippen LogP contribution in [0.1, 0.15) is 13.8 Å². The maximum absolute atomic E-state index is 11.1. The maximum Gasteiger partial charge on any atom is 0.242 e. The Morgan fingerprint density at radius 2 is 2.00 bits per heavy atom. The van der Waals surface area contributed by atoms with E-state index in [-0.39, 0.29) is 0 Å². The molecule has 0 aliphatic heterocycles. The van der Waals surface area contributed by atoms with Crippen LogP contribution in [-0.2, 0) is 4.79 Å². The lowest BCUT2D eigenvalue weighted by molar-refractivity contribution is -0.121. The van der Waals surface area contributed by atoms with E-state index in [1.54, 1.807) is 26.0 Å². The van der Waals surface area contributed by atoms with Crippen molar-refractivity contribution >= 4 is 23.2 Å². The van der Waals surface area contributed by atoms with E-state index in [1.807, 2.05) is 12.1 Å². The normalized spacial score (nSPS) is 11.1. The molecule has 14 heavy (non-hydrogen) atoms. The van der Waals surface area contributed by atoms with E-state index in [2.05, 4.69) is 5.32 Å². The van der Waals surface area contributed by atoms with Crippen LogP contribution < -0.4 is 11.1 Å². The summed E-state index contributed by atoms with van der Waals surface area (Å²) < 4.78 is 0. The van der Waals surface area contributed by atoms with Crippen LogP contribution in [0.15, 0.2) is 24.3 Å². The van der Waals surface area contributed by atoms with Crippen LogP contribution in [-0.4, -0.2) is 11.4 Å². The number of hydrogen-bond acceptors (Lipinski definition) is 2. The Kier molecular flexibility index (Phi) is 3.01. The van der Waals surface area contributed by atoms with Gasteiger partial charge in [0.25, 0.3) is 0 Å². The van der Waals surface area contributed by atoms with Crippen molar-refractivity contribution < 1.29 is 4.79 Å². The third-order valence-corrected chi connectivity index (χ3v) is 2.27. The molecule has 0 heterocycles. The van der Waals surface area contributed by atoms with Crippen molar-refractivity contribution in [3.05, 3.63) is 29.3 Å². The van der Waals surface area contributed by atoms with Gasteiger partial charge in [-0.15, -0.1) is 0 Å². The van der Waals surface area contributed by atoms with Crippen LogP contribution in [0.5, 0.6) is 0 Å². The summed E-state index contributed by atoms with van der Waals surface area (Å²) >= 11 is 5.92. The van der Waals surface area contributed by atoms with Crippen LogP contribution >= 0.6 is 11.6 Å². The van der Waals surface area contributed by atoms with Gasteiger partial charge in [-0.3, -0.25) is 4.79 Å². The molecule has 0 saturated heterocycles. The van der Waals surface area contributed by atoms with Crippen molar-refractivity contribution in [2.45, 2.75) is 19.4 Å². The molecule has 1 aromatic carbocycles. The Balaban J connectivity index is 2.89. The quantitative estimate of drug-likeness (QED) is 0.806. The highest BCUT2D eigenvalue weighted by molar-refractivity contribution is 6.33. The largest absolute Gasteiger partial charge is 0.370 e. The molecular formula is C10H13ClN2O. The van der Waals surface area contributed by atoms with E-state index in [1.165, 1.54) is 0 Å². The number of primary amides is 1. The summed E-state index contributed by atoms with van der Waals surface area (Å²) in [7, 11) is 0. The topological polar surface area (TPSA) is 55.1 Å². The first kappa shape index (κ1) is 10.9. The van der Waals surface area contributed by atoms with Gasteiger partial charge in [0.1, 0.15) is 5.54 Å². The van der Waals surface area contributed by atoms with Gasteiger partial charge in [-0.1, -0.05) is 23.7 Å². The lowest BCUT2D eigenvalue weighted by atomic mass is 10.0. The number of anilines is 1. The van der Waals surface area contributed by atoms with Gasteiger partial charge in [0.2, 0.25) is 5.91 Å². The second-order valence-electron chi connectivity index (χ2n) is 3.59. The Bertz CT molecular complexity index is 350. The number of para-hydroxylation sites is 1. The molecule has 0 unspecified atom stereocenters. The molecular weight excluding hydrogens is 200 g/mol. The van der Waals surface area contributed by atoms with E-state index < -0.39 is 11.4 Å². The number of benzene rings is 1. The zero-order valence-electron chi connectivity index (χ0n) is 8.17. The first-order chi connectivity index (χ1) is 6.43. The summed E-state index contributed by atoms with van der Waals surface area (Å²) in [6.45, 7) is 3.41. The number of carbonyl (C=O) groups is 1. The standard InChI is InChI=1S/C10H13ClN2O/c1-10(2,9(12)14)13-8-6-4-3-5-7(8)11/h3-6,13H,1-2H3,(H2,12,14). The summed E-state index contributed by atoms with van der Waals surface area (Å²) in [6.07, 6.45) is 0. The van der Waals surface area contributed by atoms with Gasteiger partial charge in [0.15, 0.2) is 0 Å². The average molecular weight is 213 g/mol. The smallest absolute Gasteiger partial charge is 0.242 e. The zero-order valence-corrected chi connectivity index (χ0v) is 8.93.